The molecule has 4 rings (SSSR count). The number of hydrogen-bond donors (Lipinski definition) is 1. The third kappa shape index (κ3) is 2.74. The third-order valence-corrected chi connectivity index (χ3v) is 3.56. The van der Waals surface area contributed by atoms with Crippen molar-refractivity contribution in [2.75, 3.05) is 5.32 Å². The van der Waals surface area contributed by atoms with Crippen molar-refractivity contribution in [1.29, 1.82) is 0 Å². The van der Waals surface area contributed by atoms with Crippen molar-refractivity contribution in [2.24, 2.45) is 0 Å². The van der Waals surface area contributed by atoms with Gasteiger partial charge in [-0.15, -0.1) is 0 Å². The second kappa shape index (κ2) is 5.85. The Kier molecular flexibility index (Phi) is 3.41. The van der Waals surface area contributed by atoms with Crippen LogP contribution in [0, 0.1) is 0 Å². The monoisotopic (exact) mass is 298 g/mol. The number of nitrogens with zero attached hydrogens (tertiary/aromatic N) is 3. The summed E-state index contributed by atoms with van der Waals surface area (Å²) in [5.74, 6) is 1.27. The standard InChI is InChI=1S/C19H14N4/c1-2-8-14(9-3-1)18-15-10-4-5-11-16(15)21-19(23-18)22-17-12-6-7-13-20-17/h1-13H,(H,20,21,22,23). The molecular weight excluding hydrogens is 284 g/mol. The predicted octanol–water partition coefficient (Wildman–Crippen LogP) is 4.44. The molecule has 110 valence electrons. The van der Waals surface area contributed by atoms with E-state index >= 15 is 0 Å². The van der Waals surface area contributed by atoms with E-state index in [1.165, 1.54) is 0 Å². The lowest BCUT2D eigenvalue weighted by molar-refractivity contribution is 1.19. The number of aromatic nitrogens is 3. The van der Waals surface area contributed by atoms with E-state index in [4.69, 9.17) is 4.98 Å². The highest BCUT2D eigenvalue weighted by Crippen LogP contribution is 2.27. The average molecular weight is 298 g/mol. The Morgan fingerprint density at radius 3 is 2.30 bits per heavy atom. The number of anilines is 2. The van der Waals surface area contributed by atoms with Gasteiger partial charge in [-0.1, -0.05) is 54.6 Å². The van der Waals surface area contributed by atoms with Crippen molar-refractivity contribution in [3.63, 3.8) is 0 Å². The van der Waals surface area contributed by atoms with Gasteiger partial charge in [0, 0.05) is 17.1 Å². The summed E-state index contributed by atoms with van der Waals surface area (Å²) in [6.45, 7) is 0. The molecule has 2 aromatic heterocycles. The van der Waals surface area contributed by atoms with Crippen LogP contribution in [0.5, 0.6) is 0 Å². The van der Waals surface area contributed by atoms with E-state index in [9.17, 15) is 0 Å². The van der Waals surface area contributed by atoms with Crippen LogP contribution in [0.3, 0.4) is 0 Å². The first kappa shape index (κ1) is 13.4. The Morgan fingerprint density at radius 1 is 0.696 bits per heavy atom. The number of hydrogen-bond acceptors (Lipinski definition) is 4. The molecule has 0 spiro atoms. The topological polar surface area (TPSA) is 50.7 Å². The fourth-order valence-electron chi connectivity index (χ4n) is 2.50. The highest BCUT2D eigenvalue weighted by atomic mass is 15.1. The zero-order chi connectivity index (χ0) is 15.5. The van der Waals surface area contributed by atoms with Crippen LogP contribution in [-0.4, -0.2) is 15.0 Å². The fraction of sp³-hybridized carbons (Fsp3) is 0. The molecule has 23 heavy (non-hydrogen) atoms. The quantitative estimate of drug-likeness (QED) is 0.607. The summed E-state index contributed by atoms with van der Waals surface area (Å²) in [4.78, 5) is 13.6. The van der Waals surface area contributed by atoms with Crippen molar-refractivity contribution in [2.45, 2.75) is 0 Å². The number of pyridine rings is 1. The zero-order valence-corrected chi connectivity index (χ0v) is 12.3. The molecule has 1 N–H and O–H groups in total. The molecule has 0 aliphatic carbocycles. The van der Waals surface area contributed by atoms with Crippen LogP contribution < -0.4 is 5.32 Å². The van der Waals surface area contributed by atoms with Crippen molar-refractivity contribution < 1.29 is 0 Å². The first-order valence-corrected chi connectivity index (χ1v) is 7.40. The van der Waals surface area contributed by atoms with Crippen molar-refractivity contribution >= 4 is 22.7 Å². The van der Waals surface area contributed by atoms with E-state index in [0.29, 0.717) is 5.95 Å². The fourth-order valence-corrected chi connectivity index (χ4v) is 2.50. The lowest BCUT2D eigenvalue weighted by atomic mass is 10.1. The molecule has 0 aliphatic heterocycles. The molecule has 0 fully saturated rings. The summed E-state index contributed by atoms with van der Waals surface area (Å²) in [5, 5.41) is 4.21. The number of nitrogens with one attached hydrogen (secondary N) is 1. The van der Waals surface area contributed by atoms with Crippen molar-refractivity contribution in [3.8, 4) is 11.3 Å². The van der Waals surface area contributed by atoms with Crippen LogP contribution >= 0.6 is 0 Å². The summed E-state index contributed by atoms with van der Waals surface area (Å²) in [6, 6.07) is 23.8. The Bertz CT molecular complexity index is 937. The maximum absolute atomic E-state index is 4.70. The minimum absolute atomic E-state index is 0.543. The van der Waals surface area contributed by atoms with Gasteiger partial charge < -0.3 is 5.32 Å². The second-order valence-electron chi connectivity index (χ2n) is 5.12. The Balaban J connectivity index is 1.87. The first-order chi connectivity index (χ1) is 11.4. The molecule has 0 saturated carbocycles. The van der Waals surface area contributed by atoms with Gasteiger partial charge in [0.05, 0.1) is 11.2 Å². The number of fused-ring (bicyclic) bond motifs is 1. The van der Waals surface area contributed by atoms with E-state index in [1.54, 1.807) is 6.20 Å². The van der Waals surface area contributed by atoms with E-state index < -0.39 is 0 Å². The van der Waals surface area contributed by atoms with Gasteiger partial charge in [0.25, 0.3) is 0 Å². The minimum atomic E-state index is 0.543. The van der Waals surface area contributed by atoms with Crippen LogP contribution in [0.4, 0.5) is 11.8 Å². The Morgan fingerprint density at radius 2 is 1.48 bits per heavy atom. The summed E-state index contributed by atoms with van der Waals surface area (Å²) in [7, 11) is 0. The highest BCUT2D eigenvalue weighted by Gasteiger charge is 2.09. The lowest BCUT2D eigenvalue weighted by Gasteiger charge is -2.10. The summed E-state index contributed by atoms with van der Waals surface area (Å²) in [5.41, 5.74) is 2.88. The molecule has 2 aromatic carbocycles. The van der Waals surface area contributed by atoms with Gasteiger partial charge in [-0.05, 0) is 18.2 Å². The SMILES string of the molecule is c1ccc(-c2nc(Nc3ccccn3)nc3ccccc23)cc1. The maximum Gasteiger partial charge on any atom is 0.229 e. The summed E-state index contributed by atoms with van der Waals surface area (Å²) < 4.78 is 0. The molecule has 0 atom stereocenters. The van der Waals surface area contributed by atoms with Gasteiger partial charge in [0.2, 0.25) is 5.95 Å². The molecule has 0 unspecified atom stereocenters. The van der Waals surface area contributed by atoms with E-state index in [2.05, 4.69) is 27.4 Å². The van der Waals surface area contributed by atoms with Crippen LogP contribution in [0.1, 0.15) is 0 Å². The van der Waals surface area contributed by atoms with E-state index in [1.807, 2.05) is 60.7 Å². The highest BCUT2D eigenvalue weighted by molar-refractivity contribution is 5.93. The predicted molar refractivity (Wildman–Crippen MR) is 92.5 cm³/mol. The molecule has 0 bridgehead atoms. The third-order valence-electron chi connectivity index (χ3n) is 3.56. The van der Waals surface area contributed by atoms with Crippen molar-refractivity contribution in [1.82, 2.24) is 15.0 Å². The number of rotatable bonds is 3. The number of benzene rings is 2. The molecular formula is C19H14N4. The molecule has 0 amide bonds. The zero-order valence-electron chi connectivity index (χ0n) is 12.3. The maximum atomic E-state index is 4.70. The van der Waals surface area contributed by atoms with Gasteiger partial charge >= 0.3 is 0 Å². The molecule has 0 radical (unpaired) electrons. The number of para-hydroxylation sites is 1. The smallest absolute Gasteiger partial charge is 0.229 e. The van der Waals surface area contributed by atoms with Gasteiger partial charge in [-0.25, -0.2) is 15.0 Å². The van der Waals surface area contributed by atoms with Crippen LogP contribution in [-0.2, 0) is 0 Å². The largest absolute Gasteiger partial charge is 0.309 e. The second-order valence-corrected chi connectivity index (χ2v) is 5.12. The van der Waals surface area contributed by atoms with Crippen molar-refractivity contribution in [3.05, 3.63) is 79.0 Å². The molecule has 0 saturated heterocycles. The van der Waals surface area contributed by atoms with Crippen LogP contribution in [0.2, 0.25) is 0 Å². The molecule has 4 nitrogen and oxygen atoms in total. The lowest BCUT2D eigenvalue weighted by Crippen LogP contribution is -2.00. The van der Waals surface area contributed by atoms with Gasteiger partial charge in [-0.3, -0.25) is 0 Å². The van der Waals surface area contributed by atoms with E-state index in [0.717, 1.165) is 28.0 Å². The minimum Gasteiger partial charge on any atom is -0.309 e. The van der Waals surface area contributed by atoms with Gasteiger partial charge in [0.1, 0.15) is 5.82 Å². The van der Waals surface area contributed by atoms with Crippen LogP contribution in [0.25, 0.3) is 22.2 Å². The van der Waals surface area contributed by atoms with E-state index in [-0.39, 0.29) is 0 Å². The molecule has 2 heterocycles. The van der Waals surface area contributed by atoms with Crippen LogP contribution in [0.15, 0.2) is 79.0 Å². The summed E-state index contributed by atoms with van der Waals surface area (Å²) in [6.07, 6.45) is 1.74. The Hall–Kier alpha value is -3.27. The molecule has 0 aliphatic rings. The molecule has 4 aromatic rings. The summed E-state index contributed by atoms with van der Waals surface area (Å²) >= 11 is 0. The Labute approximate surface area is 133 Å². The van der Waals surface area contributed by atoms with Gasteiger partial charge in [-0.2, -0.15) is 0 Å². The average Bonchev–Trinajstić information content (AvgIpc) is 2.63. The normalized spacial score (nSPS) is 10.6. The van der Waals surface area contributed by atoms with Gasteiger partial charge in [0.15, 0.2) is 0 Å². The first-order valence-electron chi connectivity index (χ1n) is 7.40. The molecule has 4 heteroatoms.